The van der Waals surface area contributed by atoms with E-state index in [4.69, 9.17) is 4.98 Å². The van der Waals surface area contributed by atoms with Crippen molar-refractivity contribution in [2.24, 2.45) is 5.92 Å². The Hall–Kier alpha value is -3.30. The molecule has 2 fully saturated rings. The summed E-state index contributed by atoms with van der Waals surface area (Å²) < 4.78 is 0. The molecule has 2 aliphatic rings. The molecule has 2 aromatic heterocycles. The van der Waals surface area contributed by atoms with Gasteiger partial charge >= 0.3 is 0 Å². The Balaban J connectivity index is 1.49. The van der Waals surface area contributed by atoms with Crippen LogP contribution < -0.4 is 5.32 Å². The molecule has 9 heteroatoms. The van der Waals surface area contributed by atoms with Crippen molar-refractivity contribution in [3.05, 3.63) is 52.9 Å². The lowest BCUT2D eigenvalue weighted by Gasteiger charge is -2.35. The Bertz CT molecular complexity index is 1370. The van der Waals surface area contributed by atoms with Gasteiger partial charge in [-0.2, -0.15) is 0 Å². The molecule has 1 aliphatic carbocycles. The Morgan fingerprint density at radius 3 is 2.58 bits per heavy atom. The molecule has 212 valence electrons. The van der Waals surface area contributed by atoms with E-state index in [1.54, 1.807) is 35.2 Å². The molecule has 8 nitrogen and oxygen atoms in total. The van der Waals surface area contributed by atoms with Crippen molar-refractivity contribution < 1.29 is 14.4 Å². The van der Waals surface area contributed by atoms with Gasteiger partial charge in [0.05, 0.1) is 34.7 Å². The number of hydrogen-bond donors (Lipinski definition) is 1. The van der Waals surface area contributed by atoms with Crippen molar-refractivity contribution in [2.45, 2.75) is 51.6 Å². The zero-order chi connectivity index (χ0) is 28.2. The van der Waals surface area contributed by atoms with Crippen molar-refractivity contribution in [3.63, 3.8) is 0 Å². The molecule has 40 heavy (non-hydrogen) atoms. The molecule has 0 radical (unpaired) electrons. The lowest BCUT2D eigenvalue weighted by Crippen LogP contribution is -2.52. The van der Waals surface area contributed by atoms with Gasteiger partial charge in [-0.3, -0.25) is 19.3 Å². The van der Waals surface area contributed by atoms with Gasteiger partial charge in [-0.15, -0.1) is 11.3 Å². The number of thiophene rings is 1. The molecule has 1 saturated heterocycles. The molecule has 3 amide bonds. The van der Waals surface area contributed by atoms with Gasteiger partial charge in [0.1, 0.15) is 0 Å². The van der Waals surface area contributed by atoms with Crippen LogP contribution in [-0.2, 0) is 16.1 Å². The zero-order valence-electron chi connectivity index (χ0n) is 23.7. The van der Waals surface area contributed by atoms with Crippen LogP contribution in [0.15, 0.2) is 41.8 Å². The molecule has 0 bridgehead atoms. The highest BCUT2D eigenvalue weighted by Gasteiger charge is 2.31. The third kappa shape index (κ3) is 6.20. The first-order valence-corrected chi connectivity index (χ1v) is 15.2. The number of nitrogens with zero attached hydrogens (tertiary/aromatic N) is 4. The first-order valence-electron chi connectivity index (χ1n) is 14.3. The van der Waals surface area contributed by atoms with Crippen molar-refractivity contribution >= 4 is 40.0 Å². The number of hydrogen-bond acceptors (Lipinski definition) is 6. The van der Waals surface area contributed by atoms with Crippen molar-refractivity contribution in [2.75, 3.05) is 40.3 Å². The first-order chi connectivity index (χ1) is 19.3. The summed E-state index contributed by atoms with van der Waals surface area (Å²) in [5.74, 6) is 0.300. The SMILES string of the molecule is CC(NC(=O)c1c(CN2CCN(CC(=O)N(C)C)CC2=O)c(-c2cccs2)nc2ccccc12)C1CCCCC1. The van der Waals surface area contributed by atoms with Crippen LogP contribution in [-0.4, -0.2) is 83.7 Å². The zero-order valence-corrected chi connectivity index (χ0v) is 24.5. The van der Waals surface area contributed by atoms with Gasteiger partial charge in [0.25, 0.3) is 5.91 Å². The number of piperazine rings is 1. The smallest absolute Gasteiger partial charge is 0.252 e. The molecule has 1 N–H and O–H groups in total. The van der Waals surface area contributed by atoms with Gasteiger partial charge in [0.2, 0.25) is 11.8 Å². The number of para-hydroxylation sites is 1. The van der Waals surface area contributed by atoms with Crippen LogP contribution >= 0.6 is 11.3 Å². The number of pyridine rings is 1. The highest BCUT2D eigenvalue weighted by Crippen LogP contribution is 2.34. The minimum Gasteiger partial charge on any atom is -0.349 e. The van der Waals surface area contributed by atoms with Crippen LogP contribution in [0.5, 0.6) is 0 Å². The molecule has 5 rings (SSSR count). The topological polar surface area (TPSA) is 85.9 Å². The number of fused-ring (bicyclic) bond motifs is 1. The van der Waals surface area contributed by atoms with Crippen LogP contribution in [0.2, 0.25) is 0 Å². The number of aromatic nitrogens is 1. The normalized spacial score (nSPS) is 17.7. The largest absolute Gasteiger partial charge is 0.349 e. The third-order valence-electron chi connectivity index (χ3n) is 8.29. The minimum atomic E-state index is -0.104. The fraction of sp³-hybridized carbons (Fsp3) is 0.484. The predicted octanol–water partition coefficient (Wildman–Crippen LogP) is 4.39. The van der Waals surface area contributed by atoms with E-state index in [-0.39, 0.29) is 36.9 Å². The summed E-state index contributed by atoms with van der Waals surface area (Å²) in [6, 6.07) is 11.8. The number of rotatable bonds is 8. The van der Waals surface area contributed by atoms with E-state index in [9.17, 15) is 14.4 Å². The lowest BCUT2D eigenvalue weighted by atomic mass is 9.84. The average molecular weight is 562 g/mol. The fourth-order valence-corrected chi connectivity index (χ4v) is 6.64. The molecule has 1 unspecified atom stereocenters. The third-order valence-corrected chi connectivity index (χ3v) is 9.17. The Morgan fingerprint density at radius 2 is 1.88 bits per heavy atom. The van der Waals surface area contributed by atoms with Gasteiger partial charge in [0.15, 0.2) is 0 Å². The van der Waals surface area contributed by atoms with Gasteiger partial charge in [-0.05, 0) is 43.2 Å². The number of benzene rings is 1. The maximum Gasteiger partial charge on any atom is 0.252 e. The monoisotopic (exact) mass is 561 g/mol. The van der Waals surface area contributed by atoms with Crippen LogP contribution in [0, 0.1) is 5.92 Å². The van der Waals surface area contributed by atoms with Crippen molar-refractivity contribution in [3.8, 4) is 10.6 Å². The summed E-state index contributed by atoms with van der Waals surface area (Å²) >= 11 is 1.58. The maximum atomic E-state index is 14.1. The van der Waals surface area contributed by atoms with Gasteiger partial charge in [-0.1, -0.05) is 43.5 Å². The van der Waals surface area contributed by atoms with Crippen molar-refractivity contribution in [1.82, 2.24) is 25.0 Å². The molecule has 1 saturated carbocycles. The standard InChI is InChI=1S/C31H39N5O3S/c1-21(22-10-5-4-6-11-22)32-31(39)29-23-12-7-8-13-25(23)33-30(26-14-9-17-40-26)24(29)18-36-16-15-35(20-28(36)38)19-27(37)34(2)3/h7-9,12-14,17,21-22H,4-6,10-11,15-16,18-20H2,1-3H3,(H,32,39). The second-order valence-electron chi connectivity index (χ2n) is 11.3. The summed E-state index contributed by atoms with van der Waals surface area (Å²) in [7, 11) is 3.45. The molecule has 1 atom stereocenters. The Labute approximate surface area is 240 Å². The van der Waals surface area contributed by atoms with E-state index >= 15 is 0 Å². The quantitative estimate of drug-likeness (QED) is 0.441. The van der Waals surface area contributed by atoms with Crippen LogP contribution in [0.25, 0.3) is 21.5 Å². The molecular weight excluding hydrogens is 522 g/mol. The molecule has 3 aromatic rings. The number of amides is 3. The predicted molar refractivity (Wildman–Crippen MR) is 159 cm³/mol. The number of likely N-dealkylation sites (N-methyl/N-ethyl adjacent to an activating group) is 1. The van der Waals surface area contributed by atoms with E-state index in [0.717, 1.165) is 39.9 Å². The van der Waals surface area contributed by atoms with Gasteiger partial charge in [0, 0.05) is 50.7 Å². The number of carbonyl (C=O) groups excluding carboxylic acids is 3. The summed E-state index contributed by atoms with van der Waals surface area (Å²) in [5, 5.41) is 6.15. The van der Waals surface area contributed by atoms with E-state index in [1.165, 1.54) is 19.3 Å². The molecule has 3 heterocycles. The van der Waals surface area contributed by atoms with Crippen LogP contribution in [0.3, 0.4) is 0 Å². The summed E-state index contributed by atoms with van der Waals surface area (Å²) in [4.78, 5) is 50.9. The van der Waals surface area contributed by atoms with Crippen molar-refractivity contribution in [1.29, 1.82) is 0 Å². The Kier molecular flexibility index (Phi) is 8.81. The molecule has 0 spiro atoms. The molecule has 1 aliphatic heterocycles. The summed E-state index contributed by atoms with van der Waals surface area (Å²) in [6.07, 6.45) is 5.98. The number of nitrogens with one attached hydrogen (secondary N) is 1. The average Bonchev–Trinajstić information content (AvgIpc) is 3.49. The van der Waals surface area contributed by atoms with E-state index in [2.05, 4.69) is 12.2 Å². The van der Waals surface area contributed by atoms with E-state index < -0.39 is 0 Å². The Morgan fingerprint density at radius 1 is 1.10 bits per heavy atom. The van der Waals surface area contributed by atoms with Gasteiger partial charge < -0.3 is 15.1 Å². The molecule has 1 aromatic carbocycles. The minimum absolute atomic E-state index is 0.0222. The lowest BCUT2D eigenvalue weighted by molar-refractivity contribution is -0.139. The summed E-state index contributed by atoms with van der Waals surface area (Å²) in [6.45, 7) is 3.89. The number of carbonyl (C=O) groups is 3. The van der Waals surface area contributed by atoms with Crippen LogP contribution in [0.4, 0.5) is 0 Å². The summed E-state index contributed by atoms with van der Waals surface area (Å²) in [5.41, 5.74) is 2.90. The van der Waals surface area contributed by atoms with E-state index in [0.29, 0.717) is 31.1 Å². The maximum absolute atomic E-state index is 14.1. The fourth-order valence-electron chi connectivity index (χ4n) is 5.90. The molecular formula is C31H39N5O3S. The highest BCUT2D eigenvalue weighted by atomic mass is 32.1. The highest BCUT2D eigenvalue weighted by molar-refractivity contribution is 7.13. The van der Waals surface area contributed by atoms with Gasteiger partial charge in [-0.25, -0.2) is 4.98 Å². The second-order valence-corrected chi connectivity index (χ2v) is 12.2. The second kappa shape index (κ2) is 12.5. The first kappa shape index (κ1) is 28.2. The van der Waals surface area contributed by atoms with Crippen LogP contribution in [0.1, 0.15) is 54.9 Å². The van der Waals surface area contributed by atoms with E-state index in [1.807, 2.05) is 46.7 Å².